The van der Waals surface area contributed by atoms with E-state index < -0.39 is 34.5 Å². The highest BCUT2D eigenvalue weighted by atomic mass is 32.2. The number of anilines is 1. The van der Waals surface area contributed by atoms with Gasteiger partial charge in [0.15, 0.2) is 5.82 Å². The number of halogens is 3. The van der Waals surface area contributed by atoms with E-state index in [1.165, 1.54) is 18.2 Å². The Morgan fingerprint density at radius 1 is 1.05 bits per heavy atom. The van der Waals surface area contributed by atoms with Crippen LogP contribution in [0, 0.1) is 11.6 Å². The van der Waals surface area contributed by atoms with Crippen LogP contribution in [-0.2, 0) is 11.2 Å². The standard InChI is InChI=1S/C32H31F3N4O3S/c33-19-13-32(9-2-10-39(32)14-19)17-42-31-36-29-24(30(37-31)38-15-21-5-6-22(16-38)43(21)41)8-7-23(28(29)35)25-12-20(40)11-18-3-1-4-26(34)27(18)25/h1,3-4,7-8,11-12,19,21-22,40H,2,5-6,9-10,13-17H2/t19-,21-,22+,32+,43?/m1/s1. The maximum Gasteiger partial charge on any atom is 0.319 e. The van der Waals surface area contributed by atoms with E-state index in [9.17, 15) is 14.0 Å². The molecule has 1 unspecified atom stereocenters. The van der Waals surface area contributed by atoms with Crippen LogP contribution < -0.4 is 9.64 Å². The van der Waals surface area contributed by atoms with Gasteiger partial charge in [-0.2, -0.15) is 9.97 Å². The summed E-state index contributed by atoms with van der Waals surface area (Å²) in [7, 11) is 0. The van der Waals surface area contributed by atoms with Gasteiger partial charge in [-0.15, -0.1) is 0 Å². The van der Waals surface area contributed by atoms with Crippen molar-refractivity contribution in [2.45, 2.75) is 54.3 Å². The predicted molar refractivity (Wildman–Crippen MR) is 160 cm³/mol. The molecule has 4 aliphatic rings. The van der Waals surface area contributed by atoms with Gasteiger partial charge in [0.05, 0.1) is 18.6 Å². The summed E-state index contributed by atoms with van der Waals surface area (Å²) in [6, 6.07) is 10.6. The van der Waals surface area contributed by atoms with Crippen LogP contribution in [0.1, 0.15) is 32.1 Å². The number of alkyl halides is 1. The van der Waals surface area contributed by atoms with Crippen molar-refractivity contribution >= 4 is 38.7 Å². The van der Waals surface area contributed by atoms with E-state index in [2.05, 4.69) is 14.8 Å². The van der Waals surface area contributed by atoms with Gasteiger partial charge in [-0.1, -0.05) is 18.2 Å². The van der Waals surface area contributed by atoms with Crippen molar-refractivity contribution in [3.05, 3.63) is 54.1 Å². The van der Waals surface area contributed by atoms with Crippen LogP contribution in [0.4, 0.5) is 19.0 Å². The maximum atomic E-state index is 16.6. The minimum atomic E-state index is -0.917. The molecule has 224 valence electrons. The summed E-state index contributed by atoms with van der Waals surface area (Å²) in [4.78, 5) is 13.5. The molecule has 1 aromatic heterocycles. The molecule has 8 rings (SSSR count). The third kappa shape index (κ3) is 4.42. The first-order chi connectivity index (χ1) is 20.8. The van der Waals surface area contributed by atoms with Crippen molar-refractivity contribution in [1.29, 1.82) is 0 Å². The molecule has 5 heterocycles. The number of hydrogen-bond acceptors (Lipinski definition) is 7. The molecule has 43 heavy (non-hydrogen) atoms. The molecule has 0 saturated carbocycles. The minimum absolute atomic E-state index is 0.00641. The molecule has 7 nitrogen and oxygen atoms in total. The molecule has 0 spiro atoms. The van der Waals surface area contributed by atoms with E-state index in [0.29, 0.717) is 42.6 Å². The summed E-state index contributed by atoms with van der Waals surface area (Å²) in [6.07, 6.45) is 2.97. The van der Waals surface area contributed by atoms with Crippen LogP contribution in [0.5, 0.6) is 11.8 Å². The zero-order valence-electron chi connectivity index (χ0n) is 23.4. The van der Waals surface area contributed by atoms with Gasteiger partial charge in [-0.25, -0.2) is 13.2 Å². The normalized spacial score (nSPS) is 28.7. The van der Waals surface area contributed by atoms with Gasteiger partial charge in [0.1, 0.15) is 46.2 Å². The van der Waals surface area contributed by atoms with Crippen molar-refractivity contribution in [3.8, 4) is 22.9 Å². The van der Waals surface area contributed by atoms with Crippen molar-refractivity contribution < 1.29 is 27.6 Å². The number of ether oxygens (including phenoxy) is 1. The Morgan fingerprint density at radius 2 is 1.86 bits per heavy atom. The topological polar surface area (TPSA) is 84.8 Å². The van der Waals surface area contributed by atoms with E-state index in [4.69, 9.17) is 9.72 Å². The SMILES string of the molecule is [O-][S+]1[C@@H]2CC[C@H]1CN(c1nc(OC[C@@]34CCCN3C[C@H](F)C4)nc3c(F)c(-c4cc(O)cc5cccc(F)c45)ccc13)C2. The molecule has 5 atom stereocenters. The van der Waals surface area contributed by atoms with Crippen LogP contribution >= 0.6 is 0 Å². The Morgan fingerprint density at radius 3 is 2.67 bits per heavy atom. The summed E-state index contributed by atoms with van der Waals surface area (Å²) >= 11 is -0.906. The highest BCUT2D eigenvalue weighted by Crippen LogP contribution is 2.43. The second kappa shape index (κ2) is 10.1. The maximum absolute atomic E-state index is 16.6. The van der Waals surface area contributed by atoms with Crippen LogP contribution in [0.15, 0.2) is 42.5 Å². The number of benzene rings is 3. The minimum Gasteiger partial charge on any atom is -0.616 e. The summed E-state index contributed by atoms with van der Waals surface area (Å²) in [5.74, 6) is -0.823. The first-order valence-corrected chi connectivity index (χ1v) is 16.2. The van der Waals surface area contributed by atoms with Crippen molar-refractivity contribution in [1.82, 2.24) is 14.9 Å². The number of nitrogens with zero attached hydrogens (tertiary/aromatic N) is 4. The van der Waals surface area contributed by atoms with Crippen molar-refractivity contribution in [2.24, 2.45) is 0 Å². The summed E-state index contributed by atoms with van der Waals surface area (Å²) in [5.41, 5.74) is -0.121. The lowest BCUT2D eigenvalue weighted by molar-refractivity contribution is 0.107. The van der Waals surface area contributed by atoms with Gasteiger partial charge < -0.3 is 19.3 Å². The Balaban J connectivity index is 1.26. The molecule has 4 aromatic rings. The van der Waals surface area contributed by atoms with Gasteiger partial charge in [0.25, 0.3) is 0 Å². The van der Waals surface area contributed by atoms with Crippen molar-refractivity contribution in [3.63, 3.8) is 0 Å². The van der Waals surface area contributed by atoms with Gasteiger partial charge in [-0.05, 0) is 65.8 Å². The lowest BCUT2D eigenvalue weighted by Crippen LogP contribution is -2.47. The van der Waals surface area contributed by atoms with Gasteiger partial charge in [0.2, 0.25) is 0 Å². The highest BCUT2D eigenvalue weighted by Gasteiger charge is 2.50. The molecule has 0 aliphatic carbocycles. The second-order valence-electron chi connectivity index (χ2n) is 12.4. The Kier molecular flexibility index (Phi) is 6.43. The molecule has 2 bridgehead atoms. The van der Waals surface area contributed by atoms with Crippen molar-refractivity contribution in [2.75, 3.05) is 37.7 Å². The molecule has 0 amide bonds. The number of rotatable bonds is 5. The molecule has 4 aliphatic heterocycles. The number of phenolic OH excluding ortho intramolecular Hbond substituents is 1. The van der Waals surface area contributed by atoms with Crippen LogP contribution in [0.2, 0.25) is 0 Å². The molecule has 0 radical (unpaired) electrons. The molecule has 4 fully saturated rings. The number of fused-ring (bicyclic) bond motifs is 5. The van der Waals surface area contributed by atoms with E-state index >= 15 is 8.78 Å². The quantitative estimate of drug-likeness (QED) is 0.300. The average Bonchev–Trinajstić information content (AvgIpc) is 3.56. The lowest BCUT2D eigenvalue weighted by atomic mass is 9.95. The molecule has 4 saturated heterocycles. The van der Waals surface area contributed by atoms with Gasteiger partial charge in [0, 0.05) is 42.1 Å². The summed E-state index contributed by atoms with van der Waals surface area (Å²) < 4.78 is 65.1. The van der Waals surface area contributed by atoms with E-state index in [0.717, 1.165) is 32.2 Å². The number of aromatic hydroxyl groups is 1. The fourth-order valence-corrected chi connectivity index (χ4v) is 9.75. The van der Waals surface area contributed by atoms with Gasteiger partial charge >= 0.3 is 6.01 Å². The predicted octanol–water partition coefficient (Wildman–Crippen LogP) is 5.49. The Hall–Kier alpha value is -3.28. The van der Waals surface area contributed by atoms with Gasteiger partial charge in [-0.3, -0.25) is 4.90 Å². The lowest BCUT2D eigenvalue weighted by Gasteiger charge is -2.35. The Labute approximate surface area is 249 Å². The second-order valence-corrected chi connectivity index (χ2v) is 14.4. The first-order valence-electron chi connectivity index (χ1n) is 14.9. The zero-order valence-corrected chi connectivity index (χ0v) is 24.3. The smallest absolute Gasteiger partial charge is 0.319 e. The number of phenols is 1. The summed E-state index contributed by atoms with van der Waals surface area (Å²) in [6.45, 7) is 2.45. The average molecular weight is 609 g/mol. The number of aromatic nitrogens is 2. The zero-order chi connectivity index (χ0) is 29.5. The van der Waals surface area contributed by atoms with E-state index in [-0.39, 0.29) is 50.9 Å². The molecular formula is C32H31F3N4O3S. The molecular weight excluding hydrogens is 577 g/mol. The van der Waals surface area contributed by atoms with Crippen LogP contribution in [-0.4, -0.2) is 79.5 Å². The fraction of sp³-hybridized carbons (Fsp3) is 0.438. The Bertz CT molecular complexity index is 1750. The van der Waals surface area contributed by atoms with Crippen LogP contribution in [0.25, 0.3) is 32.8 Å². The molecule has 3 aromatic carbocycles. The molecule has 1 N–H and O–H groups in total. The third-order valence-corrected chi connectivity index (χ3v) is 11.9. The first kappa shape index (κ1) is 27.3. The molecule has 11 heteroatoms. The highest BCUT2D eigenvalue weighted by molar-refractivity contribution is 7.93. The number of hydrogen-bond donors (Lipinski definition) is 1. The largest absolute Gasteiger partial charge is 0.616 e. The summed E-state index contributed by atoms with van der Waals surface area (Å²) in [5, 5.41) is 11.6. The van der Waals surface area contributed by atoms with E-state index in [1.54, 1.807) is 24.3 Å². The monoisotopic (exact) mass is 608 g/mol. The third-order valence-electron chi connectivity index (χ3n) is 9.81. The van der Waals surface area contributed by atoms with Crippen LogP contribution in [0.3, 0.4) is 0 Å². The fourth-order valence-electron chi connectivity index (χ4n) is 7.81. The van der Waals surface area contributed by atoms with E-state index in [1.807, 2.05) is 0 Å².